The second-order valence-electron chi connectivity index (χ2n) is 5.63. The van der Waals surface area contributed by atoms with E-state index in [2.05, 4.69) is 10.6 Å². The number of hydrogen-bond donors (Lipinski definition) is 2. The zero-order chi connectivity index (χ0) is 19.5. The number of allylic oxidation sites excluding steroid dienone is 1. The Morgan fingerprint density at radius 2 is 2.00 bits per heavy atom. The van der Waals surface area contributed by atoms with Crippen molar-refractivity contribution in [1.82, 2.24) is 5.32 Å². The van der Waals surface area contributed by atoms with Crippen LogP contribution in [0, 0.1) is 5.92 Å². The number of carbonyl (C=O) groups excluding carboxylic acids is 3. The van der Waals surface area contributed by atoms with Crippen LogP contribution in [-0.4, -0.2) is 24.4 Å². The van der Waals surface area contributed by atoms with Gasteiger partial charge in [-0.25, -0.2) is 4.79 Å². The van der Waals surface area contributed by atoms with E-state index in [1.165, 1.54) is 13.0 Å². The number of hydrogen-bond acceptors (Lipinski definition) is 4. The fourth-order valence-electron chi connectivity index (χ4n) is 2.60. The number of amides is 2. The first-order valence-corrected chi connectivity index (χ1v) is 7.79. The van der Waals surface area contributed by atoms with Gasteiger partial charge in [-0.15, -0.1) is 0 Å². The molecular weight excluding hydrogens is 353 g/mol. The molecule has 2 N–H and O–H groups in total. The highest BCUT2D eigenvalue weighted by Crippen LogP contribution is 2.31. The van der Waals surface area contributed by atoms with Crippen LogP contribution in [0.2, 0.25) is 0 Å². The number of halogens is 3. The largest absolute Gasteiger partial charge is 0.463 e. The number of benzene rings is 1. The third-order valence-electron chi connectivity index (χ3n) is 3.74. The van der Waals surface area contributed by atoms with Gasteiger partial charge in [-0.2, -0.15) is 13.2 Å². The molecule has 1 heterocycles. The second kappa shape index (κ2) is 7.59. The van der Waals surface area contributed by atoms with Crippen LogP contribution in [0.3, 0.4) is 0 Å². The molecule has 1 aromatic rings. The van der Waals surface area contributed by atoms with Crippen molar-refractivity contribution in [3.8, 4) is 0 Å². The lowest BCUT2D eigenvalue weighted by Gasteiger charge is -2.13. The normalized spacial score (nSPS) is 17.1. The number of carbonyl (C=O) groups is 3. The lowest BCUT2D eigenvalue weighted by Crippen LogP contribution is -2.27. The van der Waals surface area contributed by atoms with Gasteiger partial charge in [0.1, 0.15) is 0 Å². The average molecular weight is 370 g/mol. The number of rotatable bonds is 5. The zero-order valence-electron chi connectivity index (χ0n) is 14.1. The SMILES string of the molecule is CCOC(=O)C1=C(C)NC(=O)C1CC(=O)Nc1cccc(C(F)(F)F)c1. The van der Waals surface area contributed by atoms with Crippen LogP contribution < -0.4 is 10.6 Å². The molecule has 1 unspecified atom stereocenters. The Balaban J connectivity index is 2.12. The molecule has 1 aliphatic rings. The van der Waals surface area contributed by atoms with E-state index in [0.717, 1.165) is 18.2 Å². The molecule has 1 atom stereocenters. The van der Waals surface area contributed by atoms with Gasteiger partial charge in [0, 0.05) is 17.8 Å². The van der Waals surface area contributed by atoms with E-state index < -0.39 is 41.9 Å². The Bertz CT molecular complexity index is 772. The second-order valence-corrected chi connectivity index (χ2v) is 5.63. The molecule has 0 spiro atoms. The van der Waals surface area contributed by atoms with Crippen molar-refractivity contribution >= 4 is 23.5 Å². The number of anilines is 1. The highest BCUT2D eigenvalue weighted by atomic mass is 19.4. The summed E-state index contributed by atoms with van der Waals surface area (Å²) < 4.78 is 43.0. The monoisotopic (exact) mass is 370 g/mol. The molecule has 140 valence electrons. The standard InChI is InChI=1S/C17H17F3N2O4/c1-3-26-16(25)14-9(2)21-15(24)12(14)8-13(23)22-11-6-4-5-10(7-11)17(18,19)20/h4-7,12H,3,8H2,1-2H3,(H,21,24)(H,22,23). The molecule has 1 aliphatic heterocycles. The first-order chi connectivity index (χ1) is 12.1. The predicted octanol–water partition coefficient (Wildman–Crippen LogP) is 2.62. The minimum absolute atomic E-state index is 0.0519. The smallest absolute Gasteiger partial charge is 0.416 e. The summed E-state index contributed by atoms with van der Waals surface area (Å²) in [5.74, 6) is -2.99. The summed E-state index contributed by atoms with van der Waals surface area (Å²) in [6.45, 7) is 3.22. The minimum atomic E-state index is -4.54. The first kappa shape index (κ1) is 19.5. The molecule has 0 radical (unpaired) electrons. The van der Waals surface area contributed by atoms with Crippen LogP contribution in [0.25, 0.3) is 0 Å². The van der Waals surface area contributed by atoms with Crippen LogP contribution in [-0.2, 0) is 25.3 Å². The molecule has 1 aromatic carbocycles. The quantitative estimate of drug-likeness (QED) is 0.781. The van der Waals surface area contributed by atoms with Crippen molar-refractivity contribution in [3.05, 3.63) is 41.1 Å². The lowest BCUT2D eigenvalue weighted by atomic mass is 9.96. The van der Waals surface area contributed by atoms with Gasteiger partial charge < -0.3 is 15.4 Å². The van der Waals surface area contributed by atoms with Gasteiger partial charge in [0.2, 0.25) is 11.8 Å². The topological polar surface area (TPSA) is 84.5 Å². The molecule has 0 aliphatic carbocycles. The third-order valence-corrected chi connectivity index (χ3v) is 3.74. The van der Waals surface area contributed by atoms with Crippen LogP contribution >= 0.6 is 0 Å². The molecule has 2 amide bonds. The Hall–Kier alpha value is -2.84. The summed E-state index contributed by atoms with van der Waals surface area (Å²) in [5.41, 5.74) is -0.611. The van der Waals surface area contributed by atoms with Crippen molar-refractivity contribution in [3.63, 3.8) is 0 Å². The van der Waals surface area contributed by atoms with E-state index in [-0.39, 0.29) is 17.9 Å². The van der Waals surface area contributed by atoms with Crippen LogP contribution in [0.4, 0.5) is 18.9 Å². The predicted molar refractivity (Wildman–Crippen MR) is 85.7 cm³/mol. The summed E-state index contributed by atoms with van der Waals surface area (Å²) in [6.07, 6.45) is -4.93. The van der Waals surface area contributed by atoms with Crippen molar-refractivity contribution < 1.29 is 32.3 Å². The molecule has 2 rings (SSSR count). The molecule has 0 saturated heterocycles. The van der Waals surface area contributed by atoms with Crippen LogP contribution in [0.1, 0.15) is 25.8 Å². The fourth-order valence-corrected chi connectivity index (χ4v) is 2.60. The fraction of sp³-hybridized carbons (Fsp3) is 0.353. The molecular formula is C17H17F3N2O4. The van der Waals surface area contributed by atoms with Gasteiger partial charge in [0.25, 0.3) is 0 Å². The molecule has 0 aromatic heterocycles. The Morgan fingerprint density at radius 1 is 1.31 bits per heavy atom. The third kappa shape index (κ3) is 4.41. The maximum atomic E-state index is 12.7. The van der Waals surface area contributed by atoms with E-state index in [9.17, 15) is 27.6 Å². The Kier molecular flexibility index (Phi) is 5.69. The number of nitrogens with one attached hydrogen (secondary N) is 2. The average Bonchev–Trinajstić information content (AvgIpc) is 2.80. The van der Waals surface area contributed by atoms with Gasteiger partial charge in [-0.1, -0.05) is 6.07 Å². The first-order valence-electron chi connectivity index (χ1n) is 7.79. The minimum Gasteiger partial charge on any atom is -0.463 e. The molecule has 6 nitrogen and oxygen atoms in total. The van der Waals surface area contributed by atoms with Crippen molar-refractivity contribution in [1.29, 1.82) is 0 Å². The van der Waals surface area contributed by atoms with E-state index in [1.54, 1.807) is 6.92 Å². The molecule has 0 fully saturated rings. The maximum absolute atomic E-state index is 12.7. The van der Waals surface area contributed by atoms with Crippen LogP contribution in [0.15, 0.2) is 35.5 Å². The summed E-state index contributed by atoms with van der Waals surface area (Å²) >= 11 is 0. The number of ether oxygens (including phenoxy) is 1. The van der Waals surface area contributed by atoms with E-state index in [1.807, 2.05) is 0 Å². The van der Waals surface area contributed by atoms with Gasteiger partial charge in [0.15, 0.2) is 0 Å². The maximum Gasteiger partial charge on any atom is 0.416 e. The Morgan fingerprint density at radius 3 is 2.62 bits per heavy atom. The van der Waals surface area contributed by atoms with E-state index in [4.69, 9.17) is 4.74 Å². The van der Waals surface area contributed by atoms with Crippen molar-refractivity contribution in [2.75, 3.05) is 11.9 Å². The van der Waals surface area contributed by atoms with Gasteiger partial charge in [-0.05, 0) is 32.0 Å². The highest BCUT2D eigenvalue weighted by molar-refractivity contribution is 6.05. The summed E-state index contributed by atoms with van der Waals surface area (Å²) in [6, 6.07) is 4.13. The van der Waals surface area contributed by atoms with Gasteiger partial charge in [-0.3, -0.25) is 9.59 Å². The summed E-state index contributed by atoms with van der Waals surface area (Å²) in [7, 11) is 0. The highest BCUT2D eigenvalue weighted by Gasteiger charge is 2.38. The molecule has 26 heavy (non-hydrogen) atoms. The molecule has 0 bridgehead atoms. The summed E-state index contributed by atoms with van der Waals surface area (Å²) in [4.78, 5) is 36.1. The summed E-state index contributed by atoms with van der Waals surface area (Å²) in [5, 5.41) is 4.78. The number of esters is 1. The van der Waals surface area contributed by atoms with Crippen molar-refractivity contribution in [2.45, 2.75) is 26.4 Å². The van der Waals surface area contributed by atoms with E-state index >= 15 is 0 Å². The van der Waals surface area contributed by atoms with E-state index in [0.29, 0.717) is 5.70 Å². The van der Waals surface area contributed by atoms with Gasteiger partial charge in [0.05, 0.1) is 23.7 Å². The zero-order valence-corrected chi connectivity index (χ0v) is 14.1. The molecule has 9 heteroatoms. The van der Waals surface area contributed by atoms with Gasteiger partial charge >= 0.3 is 12.1 Å². The van der Waals surface area contributed by atoms with Crippen molar-refractivity contribution in [2.24, 2.45) is 5.92 Å². The lowest BCUT2D eigenvalue weighted by molar-refractivity contribution is -0.140. The Labute approximate surface area is 147 Å². The van der Waals surface area contributed by atoms with Crippen LogP contribution in [0.5, 0.6) is 0 Å². The number of alkyl halides is 3. The molecule has 0 saturated carbocycles.